The third kappa shape index (κ3) is 3.83. The summed E-state index contributed by atoms with van der Waals surface area (Å²) in [5.41, 5.74) is 0.956. The number of hydrogen-bond donors (Lipinski definition) is 2. The summed E-state index contributed by atoms with van der Waals surface area (Å²) in [6.45, 7) is 5.21. The van der Waals surface area contributed by atoms with Crippen LogP contribution in [-0.4, -0.2) is 30.3 Å². The molecule has 4 heteroatoms. The highest BCUT2D eigenvalue weighted by Gasteiger charge is 2.35. The molecule has 1 heterocycles. The number of carbonyl (C=O) groups is 1. The Morgan fingerprint density at radius 1 is 1.43 bits per heavy atom. The van der Waals surface area contributed by atoms with Crippen LogP contribution in [0.3, 0.4) is 0 Å². The first-order valence-electron chi connectivity index (χ1n) is 7.75. The maximum Gasteiger partial charge on any atom is 0.328 e. The number of benzene rings is 1. The molecule has 4 nitrogen and oxygen atoms in total. The van der Waals surface area contributed by atoms with Crippen molar-refractivity contribution in [3.63, 3.8) is 0 Å². The van der Waals surface area contributed by atoms with Crippen molar-refractivity contribution >= 4 is 5.97 Å². The van der Waals surface area contributed by atoms with E-state index in [0.717, 1.165) is 37.9 Å². The lowest BCUT2D eigenvalue weighted by Crippen LogP contribution is -2.49. The van der Waals surface area contributed by atoms with Crippen LogP contribution < -0.4 is 5.32 Å². The molecule has 1 aromatic rings. The van der Waals surface area contributed by atoms with Gasteiger partial charge in [0.15, 0.2) is 0 Å². The number of carboxylic acid groups (broad SMARTS) is 1. The van der Waals surface area contributed by atoms with E-state index in [1.54, 1.807) is 6.92 Å². The van der Waals surface area contributed by atoms with Crippen LogP contribution in [0.5, 0.6) is 0 Å². The fourth-order valence-electron chi connectivity index (χ4n) is 2.72. The van der Waals surface area contributed by atoms with Gasteiger partial charge in [-0.3, -0.25) is 5.32 Å². The Kier molecular flexibility index (Phi) is 5.37. The normalized spacial score (nSPS) is 21.1. The van der Waals surface area contributed by atoms with E-state index >= 15 is 0 Å². The van der Waals surface area contributed by atoms with Crippen molar-refractivity contribution < 1.29 is 14.6 Å². The Bertz CT molecular complexity index is 465. The van der Waals surface area contributed by atoms with Gasteiger partial charge in [-0.1, -0.05) is 37.6 Å². The molecule has 2 unspecified atom stereocenters. The van der Waals surface area contributed by atoms with Crippen LogP contribution in [0.25, 0.3) is 0 Å². The van der Waals surface area contributed by atoms with Crippen LogP contribution >= 0.6 is 0 Å². The number of rotatable bonds is 7. The van der Waals surface area contributed by atoms with Gasteiger partial charge in [0.2, 0.25) is 0 Å². The molecule has 0 saturated carbocycles. The minimum Gasteiger partial charge on any atom is -0.480 e. The van der Waals surface area contributed by atoms with Gasteiger partial charge in [-0.25, -0.2) is 4.79 Å². The Labute approximate surface area is 126 Å². The average Bonchev–Trinajstić information content (AvgIpc) is 2.99. The smallest absolute Gasteiger partial charge is 0.328 e. The number of aryl methyl sites for hydroxylation is 1. The standard InChI is InChI=1S/C17H25NO3/c1-3-5-13-7-9-14(10-8-13)17(2,16(19)20)18-12-15-6-4-11-21-15/h7-10,15,18H,3-6,11-12H2,1-2H3,(H,19,20). The monoisotopic (exact) mass is 291 g/mol. The summed E-state index contributed by atoms with van der Waals surface area (Å²) in [5, 5.41) is 12.8. The largest absolute Gasteiger partial charge is 0.480 e. The first-order chi connectivity index (χ1) is 10.1. The van der Waals surface area contributed by atoms with Crippen molar-refractivity contribution in [3.05, 3.63) is 35.4 Å². The zero-order valence-electron chi connectivity index (χ0n) is 12.9. The summed E-state index contributed by atoms with van der Waals surface area (Å²) in [4.78, 5) is 11.7. The molecule has 1 fully saturated rings. The Hall–Kier alpha value is -1.39. The SMILES string of the molecule is CCCc1ccc(C(C)(NCC2CCCO2)C(=O)O)cc1. The Morgan fingerprint density at radius 2 is 2.14 bits per heavy atom. The molecular weight excluding hydrogens is 266 g/mol. The van der Waals surface area contributed by atoms with Crippen molar-refractivity contribution in [2.24, 2.45) is 0 Å². The van der Waals surface area contributed by atoms with E-state index in [0.29, 0.717) is 6.54 Å². The third-order valence-corrected chi connectivity index (χ3v) is 4.20. The number of ether oxygens (including phenoxy) is 1. The van der Waals surface area contributed by atoms with E-state index in [1.165, 1.54) is 5.56 Å². The fraction of sp³-hybridized carbons (Fsp3) is 0.588. The highest BCUT2D eigenvalue weighted by atomic mass is 16.5. The molecule has 0 amide bonds. The predicted octanol–water partition coefficient (Wildman–Crippen LogP) is 2.71. The van der Waals surface area contributed by atoms with Crippen LogP contribution in [0.1, 0.15) is 44.2 Å². The van der Waals surface area contributed by atoms with Crippen LogP contribution in [0.4, 0.5) is 0 Å². The zero-order valence-corrected chi connectivity index (χ0v) is 12.9. The lowest BCUT2D eigenvalue weighted by molar-refractivity contribution is -0.144. The maximum atomic E-state index is 11.7. The van der Waals surface area contributed by atoms with E-state index in [-0.39, 0.29) is 6.10 Å². The van der Waals surface area contributed by atoms with Crippen LogP contribution in [0, 0.1) is 0 Å². The van der Waals surface area contributed by atoms with Crippen LogP contribution in [0.15, 0.2) is 24.3 Å². The van der Waals surface area contributed by atoms with E-state index in [9.17, 15) is 9.90 Å². The Balaban J connectivity index is 2.10. The summed E-state index contributed by atoms with van der Waals surface area (Å²) in [6.07, 6.45) is 4.29. The van der Waals surface area contributed by atoms with Crippen LogP contribution in [-0.2, 0) is 21.5 Å². The molecular formula is C17H25NO3. The molecule has 21 heavy (non-hydrogen) atoms. The number of hydrogen-bond acceptors (Lipinski definition) is 3. The van der Waals surface area contributed by atoms with Crippen molar-refractivity contribution in [1.29, 1.82) is 0 Å². The minimum atomic E-state index is -1.07. The predicted molar refractivity (Wildman–Crippen MR) is 82.4 cm³/mol. The van der Waals surface area contributed by atoms with Crippen molar-refractivity contribution in [2.75, 3.05) is 13.2 Å². The molecule has 1 aliphatic rings. The van der Waals surface area contributed by atoms with E-state index in [1.807, 2.05) is 24.3 Å². The van der Waals surface area contributed by atoms with Crippen molar-refractivity contribution in [3.8, 4) is 0 Å². The molecule has 1 saturated heterocycles. The average molecular weight is 291 g/mol. The third-order valence-electron chi connectivity index (χ3n) is 4.20. The molecule has 0 aliphatic carbocycles. The maximum absolute atomic E-state index is 11.7. The second-order valence-corrected chi connectivity index (χ2v) is 5.89. The first kappa shape index (κ1) is 16.0. The van der Waals surface area contributed by atoms with Gasteiger partial charge in [-0.15, -0.1) is 0 Å². The molecule has 2 rings (SSSR count). The van der Waals surface area contributed by atoms with E-state index in [2.05, 4.69) is 12.2 Å². The van der Waals surface area contributed by atoms with Crippen molar-refractivity contribution in [2.45, 2.75) is 51.2 Å². The molecule has 0 aromatic heterocycles. The van der Waals surface area contributed by atoms with Crippen molar-refractivity contribution in [1.82, 2.24) is 5.32 Å². The summed E-state index contributed by atoms with van der Waals surface area (Å²) >= 11 is 0. The molecule has 2 N–H and O–H groups in total. The highest BCUT2D eigenvalue weighted by molar-refractivity contribution is 5.80. The zero-order chi connectivity index (χ0) is 15.3. The second-order valence-electron chi connectivity index (χ2n) is 5.89. The van der Waals surface area contributed by atoms with Crippen LogP contribution in [0.2, 0.25) is 0 Å². The van der Waals surface area contributed by atoms with Gasteiger partial charge >= 0.3 is 5.97 Å². The summed E-state index contributed by atoms with van der Waals surface area (Å²) in [6, 6.07) is 7.88. The van der Waals surface area contributed by atoms with Gasteiger partial charge in [0.1, 0.15) is 5.54 Å². The van der Waals surface area contributed by atoms with E-state index in [4.69, 9.17) is 4.74 Å². The highest BCUT2D eigenvalue weighted by Crippen LogP contribution is 2.23. The van der Waals surface area contributed by atoms with E-state index < -0.39 is 11.5 Å². The first-order valence-corrected chi connectivity index (χ1v) is 7.75. The number of nitrogens with one attached hydrogen (secondary N) is 1. The molecule has 2 atom stereocenters. The number of aliphatic carboxylic acids is 1. The summed E-state index contributed by atoms with van der Waals surface area (Å²) < 4.78 is 5.56. The minimum absolute atomic E-state index is 0.128. The van der Waals surface area contributed by atoms with Gasteiger partial charge < -0.3 is 9.84 Å². The molecule has 0 bridgehead atoms. The molecule has 116 valence electrons. The van der Waals surface area contributed by atoms with Gasteiger partial charge in [-0.2, -0.15) is 0 Å². The van der Waals surface area contributed by atoms with Gasteiger partial charge in [0.05, 0.1) is 6.10 Å². The van der Waals surface area contributed by atoms with Gasteiger partial charge in [0.25, 0.3) is 0 Å². The Morgan fingerprint density at radius 3 is 2.67 bits per heavy atom. The van der Waals surface area contributed by atoms with Gasteiger partial charge in [0, 0.05) is 13.2 Å². The molecule has 0 radical (unpaired) electrons. The molecule has 1 aliphatic heterocycles. The second kappa shape index (κ2) is 7.05. The number of carboxylic acids is 1. The fourth-order valence-corrected chi connectivity index (χ4v) is 2.72. The lowest BCUT2D eigenvalue weighted by Gasteiger charge is -2.28. The van der Waals surface area contributed by atoms with Gasteiger partial charge in [-0.05, 0) is 37.3 Å². The summed E-state index contributed by atoms with van der Waals surface area (Å²) in [5.74, 6) is -0.858. The molecule has 0 spiro atoms. The topological polar surface area (TPSA) is 58.6 Å². The quantitative estimate of drug-likeness (QED) is 0.811. The summed E-state index contributed by atoms with van der Waals surface area (Å²) in [7, 11) is 0. The lowest BCUT2D eigenvalue weighted by atomic mass is 9.90. The molecule has 1 aromatic carbocycles.